The largest absolute Gasteiger partial charge is 0.493 e. The molecule has 2 atom stereocenters. The van der Waals surface area contributed by atoms with E-state index < -0.39 is 0 Å². The molecule has 0 unspecified atom stereocenters. The van der Waals surface area contributed by atoms with Crippen molar-refractivity contribution in [3.05, 3.63) is 35.4 Å². The highest BCUT2D eigenvalue weighted by molar-refractivity contribution is 5.79. The second-order valence-electron chi connectivity index (χ2n) is 10.7. The van der Waals surface area contributed by atoms with Gasteiger partial charge in [0.25, 0.3) is 0 Å². The molecule has 190 valence electrons. The summed E-state index contributed by atoms with van der Waals surface area (Å²) >= 11 is 0. The van der Waals surface area contributed by atoms with Crippen LogP contribution in [0, 0.1) is 23.6 Å². The third-order valence-corrected chi connectivity index (χ3v) is 7.92. The molecule has 7 nitrogen and oxygen atoms in total. The average molecular weight is 485 g/mol. The summed E-state index contributed by atoms with van der Waals surface area (Å²) < 4.78 is 25.8. The van der Waals surface area contributed by atoms with Crippen molar-refractivity contribution >= 4 is 11.9 Å². The Hall–Kier alpha value is -2.64. The SMILES string of the molecule is CC(C)c1noc(N2CCC([C@H]3C[C@H]3CCOc3ccc(CC(=O)N4CCCC4)c(F)c3)CC2)n1. The maximum atomic E-state index is 14.5. The Labute approximate surface area is 207 Å². The van der Waals surface area contributed by atoms with E-state index in [-0.39, 0.29) is 24.1 Å². The molecule has 8 heteroatoms. The summed E-state index contributed by atoms with van der Waals surface area (Å²) in [5, 5.41) is 4.09. The summed E-state index contributed by atoms with van der Waals surface area (Å²) in [6, 6.07) is 5.57. The summed E-state index contributed by atoms with van der Waals surface area (Å²) in [5.41, 5.74) is 0.448. The van der Waals surface area contributed by atoms with Gasteiger partial charge in [0.15, 0.2) is 5.82 Å². The zero-order valence-electron chi connectivity index (χ0n) is 20.9. The highest BCUT2D eigenvalue weighted by Gasteiger charge is 2.43. The van der Waals surface area contributed by atoms with Crippen molar-refractivity contribution in [2.24, 2.45) is 17.8 Å². The second-order valence-corrected chi connectivity index (χ2v) is 10.7. The minimum absolute atomic E-state index is 0.0121. The van der Waals surface area contributed by atoms with Crippen LogP contribution in [0.2, 0.25) is 0 Å². The van der Waals surface area contributed by atoms with Gasteiger partial charge in [-0.25, -0.2) is 4.39 Å². The van der Waals surface area contributed by atoms with Gasteiger partial charge in [0.05, 0.1) is 13.0 Å². The normalized spacial score (nSPS) is 22.7. The fourth-order valence-corrected chi connectivity index (χ4v) is 5.62. The molecule has 35 heavy (non-hydrogen) atoms. The van der Waals surface area contributed by atoms with E-state index in [1.54, 1.807) is 12.1 Å². The van der Waals surface area contributed by atoms with E-state index in [4.69, 9.17) is 9.26 Å². The molecule has 0 N–H and O–H groups in total. The van der Waals surface area contributed by atoms with Gasteiger partial charge in [-0.15, -0.1) is 0 Å². The van der Waals surface area contributed by atoms with Crippen molar-refractivity contribution in [2.75, 3.05) is 37.7 Å². The minimum Gasteiger partial charge on any atom is -0.493 e. The van der Waals surface area contributed by atoms with Crippen LogP contribution in [0.25, 0.3) is 0 Å². The van der Waals surface area contributed by atoms with E-state index in [0.29, 0.717) is 29.9 Å². The Bertz CT molecular complexity index is 1010. The molecule has 5 rings (SSSR count). The number of rotatable bonds is 9. The number of carbonyl (C=O) groups is 1. The van der Waals surface area contributed by atoms with Gasteiger partial charge >= 0.3 is 6.01 Å². The van der Waals surface area contributed by atoms with Gasteiger partial charge in [-0.3, -0.25) is 4.79 Å². The van der Waals surface area contributed by atoms with E-state index in [2.05, 4.69) is 28.9 Å². The molecule has 3 aliphatic rings. The van der Waals surface area contributed by atoms with Crippen LogP contribution in [0.1, 0.15) is 69.7 Å². The number of anilines is 1. The lowest BCUT2D eigenvalue weighted by atomic mass is 9.90. The molecule has 3 heterocycles. The van der Waals surface area contributed by atoms with Gasteiger partial charge in [-0.1, -0.05) is 25.1 Å². The summed E-state index contributed by atoms with van der Waals surface area (Å²) in [4.78, 5) is 20.9. The standard InChI is InChI=1S/C27H37FN4O3/c1-18(2)26-29-27(35-30-26)32-12-7-19(8-13-32)23-15-20(23)9-14-34-22-6-5-21(24(28)17-22)16-25(33)31-10-3-4-11-31/h5-6,17-20,23H,3-4,7-16H2,1-2H3/t20-,23-/m1/s1. The molecule has 0 bridgehead atoms. The Morgan fingerprint density at radius 1 is 1.20 bits per heavy atom. The van der Waals surface area contributed by atoms with E-state index in [1.165, 1.54) is 12.5 Å². The number of aromatic nitrogens is 2. The monoisotopic (exact) mass is 484 g/mol. The lowest BCUT2D eigenvalue weighted by Gasteiger charge is -2.30. The van der Waals surface area contributed by atoms with Crippen LogP contribution >= 0.6 is 0 Å². The maximum Gasteiger partial charge on any atom is 0.324 e. The second kappa shape index (κ2) is 10.5. The molecule has 1 aromatic carbocycles. The van der Waals surface area contributed by atoms with Crippen molar-refractivity contribution in [3.63, 3.8) is 0 Å². The lowest BCUT2D eigenvalue weighted by Crippen LogP contribution is -2.34. The van der Waals surface area contributed by atoms with Crippen LogP contribution in [-0.2, 0) is 11.2 Å². The zero-order chi connectivity index (χ0) is 24.4. The van der Waals surface area contributed by atoms with Crippen molar-refractivity contribution < 1.29 is 18.4 Å². The minimum atomic E-state index is -0.354. The summed E-state index contributed by atoms with van der Waals surface area (Å²) in [6.45, 7) is 8.27. The maximum absolute atomic E-state index is 14.5. The Morgan fingerprint density at radius 3 is 2.66 bits per heavy atom. The predicted octanol–water partition coefficient (Wildman–Crippen LogP) is 4.82. The van der Waals surface area contributed by atoms with Crippen LogP contribution in [0.15, 0.2) is 22.7 Å². The quantitative estimate of drug-likeness (QED) is 0.508. The predicted molar refractivity (Wildman–Crippen MR) is 131 cm³/mol. The lowest BCUT2D eigenvalue weighted by molar-refractivity contribution is -0.129. The van der Waals surface area contributed by atoms with Crippen molar-refractivity contribution in [2.45, 2.75) is 64.7 Å². The first-order chi connectivity index (χ1) is 17.0. The van der Waals surface area contributed by atoms with E-state index >= 15 is 0 Å². The molecule has 0 radical (unpaired) electrons. The summed E-state index contributed by atoms with van der Waals surface area (Å²) in [6.07, 6.45) is 6.79. The number of benzene rings is 1. The van der Waals surface area contributed by atoms with Gasteiger partial charge in [-0.2, -0.15) is 4.98 Å². The van der Waals surface area contributed by atoms with Crippen LogP contribution in [0.4, 0.5) is 10.4 Å². The van der Waals surface area contributed by atoms with Gasteiger partial charge in [0.2, 0.25) is 5.91 Å². The molecule has 2 aliphatic heterocycles. The Balaban J connectivity index is 1.02. The van der Waals surface area contributed by atoms with E-state index in [1.807, 2.05) is 4.90 Å². The number of hydrogen-bond donors (Lipinski definition) is 0. The molecule has 1 aliphatic carbocycles. The number of amides is 1. The number of nitrogens with zero attached hydrogens (tertiary/aromatic N) is 4. The van der Waals surface area contributed by atoms with Crippen molar-refractivity contribution in [1.82, 2.24) is 15.0 Å². The number of halogens is 1. The number of ether oxygens (including phenoxy) is 1. The molecule has 0 spiro atoms. The van der Waals surface area contributed by atoms with Gasteiger partial charge < -0.3 is 19.1 Å². The number of hydrogen-bond acceptors (Lipinski definition) is 6. The van der Waals surface area contributed by atoms with Gasteiger partial charge in [0, 0.05) is 38.2 Å². The highest BCUT2D eigenvalue weighted by Crippen LogP contribution is 2.50. The molecule has 1 saturated carbocycles. The van der Waals surface area contributed by atoms with Crippen LogP contribution in [0.5, 0.6) is 5.75 Å². The third-order valence-electron chi connectivity index (χ3n) is 7.92. The highest BCUT2D eigenvalue weighted by atomic mass is 19.1. The molecule has 2 saturated heterocycles. The summed E-state index contributed by atoms with van der Waals surface area (Å²) in [7, 11) is 0. The topological polar surface area (TPSA) is 71.7 Å². The Kier molecular flexibility index (Phi) is 7.25. The van der Waals surface area contributed by atoms with Gasteiger partial charge in [-0.05, 0) is 67.9 Å². The average Bonchev–Trinajstić information content (AvgIpc) is 3.24. The van der Waals surface area contributed by atoms with Crippen LogP contribution in [-0.4, -0.2) is 53.7 Å². The fraction of sp³-hybridized carbons (Fsp3) is 0.667. The molecular weight excluding hydrogens is 447 g/mol. The van der Waals surface area contributed by atoms with Crippen LogP contribution < -0.4 is 9.64 Å². The first kappa shape index (κ1) is 24.1. The van der Waals surface area contributed by atoms with Crippen LogP contribution in [0.3, 0.4) is 0 Å². The third kappa shape index (κ3) is 5.78. The molecular formula is C27H37FN4O3. The number of carbonyl (C=O) groups excluding carboxylic acids is 1. The first-order valence-electron chi connectivity index (χ1n) is 13.3. The molecule has 1 aromatic heterocycles. The fourth-order valence-electron chi connectivity index (χ4n) is 5.62. The molecule has 2 aromatic rings. The van der Waals surface area contributed by atoms with E-state index in [9.17, 15) is 9.18 Å². The van der Waals surface area contributed by atoms with Crippen molar-refractivity contribution in [1.29, 1.82) is 0 Å². The summed E-state index contributed by atoms with van der Waals surface area (Å²) in [5.74, 6) is 3.47. The zero-order valence-corrected chi connectivity index (χ0v) is 20.9. The van der Waals surface area contributed by atoms with E-state index in [0.717, 1.165) is 75.9 Å². The number of piperidine rings is 1. The first-order valence-corrected chi connectivity index (χ1v) is 13.3. The number of likely N-dealkylation sites (tertiary alicyclic amines) is 1. The smallest absolute Gasteiger partial charge is 0.324 e. The van der Waals surface area contributed by atoms with Crippen molar-refractivity contribution in [3.8, 4) is 5.75 Å². The molecule has 3 fully saturated rings. The Morgan fingerprint density at radius 2 is 1.97 bits per heavy atom. The molecule has 1 amide bonds. The van der Waals surface area contributed by atoms with Gasteiger partial charge in [0.1, 0.15) is 11.6 Å².